The van der Waals surface area contributed by atoms with Crippen molar-refractivity contribution in [3.8, 4) is 5.75 Å². The number of hydrogen-bond acceptors (Lipinski definition) is 5. The van der Waals surface area contributed by atoms with Gasteiger partial charge < -0.3 is 20.5 Å². The molecule has 104 valence electrons. The number of amides is 1. The molecule has 6 nitrogen and oxygen atoms in total. The Morgan fingerprint density at radius 3 is 2.79 bits per heavy atom. The van der Waals surface area contributed by atoms with Gasteiger partial charge in [-0.15, -0.1) is 0 Å². The molecule has 1 atom stereocenters. The summed E-state index contributed by atoms with van der Waals surface area (Å²) in [4.78, 5) is 22.8. The van der Waals surface area contributed by atoms with Gasteiger partial charge in [0.15, 0.2) is 12.7 Å². The normalized spacial score (nSPS) is 11.5. The number of likely N-dealkylation sites (N-methyl/N-ethyl adjacent to an activating group) is 1. The van der Waals surface area contributed by atoms with Gasteiger partial charge in [0.2, 0.25) is 0 Å². The lowest BCUT2D eigenvalue weighted by atomic mass is 10.3. The second-order valence-electron chi connectivity index (χ2n) is 3.89. The molecule has 3 N–H and O–H groups in total. The second-order valence-corrected chi connectivity index (χ2v) is 3.89. The first kappa shape index (κ1) is 14.8. The Morgan fingerprint density at radius 1 is 1.42 bits per heavy atom. The highest BCUT2D eigenvalue weighted by Crippen LogP contribution is 2.14. The fraction of sp³-hybridized carbons (Fsp3) is 0.385. The maximum Gasteiger partial charge on any atom is 0.344 e. The number of carbonyl (C=O) groups is 2. The average molecular weight is 266 g/mol. The Labute approximate surface area is 111 Å². The van der Waals surface area contributed by atoms with Gasteiger partial charge in [-0.2, -0.15) is 0 Å². The van der Waals surface area contributed by atoms with Gasteiger partial charge in [-0.3, -0.25) is 4.79 Å². The van der Waals surface area contributed by atoms with Gasteiger partial charge in [0, 0.05) is 18.3 Å². The number of nitrogen functional groups attached to an aromatic ring is 1. The number of nitrogens with two attached hydrogens (primary N) is 1. The minimum absolute atomic E-state index is 0.271. The molecule has 1 amide bonds. The van der Waals surface area contributed by atoms with Gasteiger partial charge in [0.25, 0.3) is 5.91 Å². The van der Waals surface area contributed by atoms with Crippen LogP contribution in [0, 0.1) is 0 Å². The van der Waals surface area contributed by atoms with Crippen molar-refractivity contribution < 1.29 is 19.1 Å². The summed E-state index contributed by atoms with van der Waals surface area (Å²) < 4.78 is 10.1. The number of benzene rings is 1. The molecule has 0 aliphatic rings. The molecular weight excluding hydrogens is 248 g/mol. The van der Waals surface area contributed by atoms with Crippen LogP contribution in [0.5, 0.6) is 5.75 Å². The summed E-state index contributed by atoms with van der Waals surface area (Å²) in [7, 11) is 0. The summed E-state index contributed by atoms with van der Waals surface area (Å²) >= 11 is 0. The average Bonchev–Trinajstić information content (AvgIpc) is 2.36. The molecule has 0 heterocycles. The molecular formula is C13H18N2O4. The fourth-order valence-electron chi connectivity index (χ4n) is 1.35. The number of esters is 1. The molecule has 0 aromatic heterocycles. The molecule has 0 aliphatic carbocycles. The van der Waals surface area contributed by atoms with E-state index in [2.05, 4.69) is 5.32 Å². The summed E-state index contributed by atoms with van der Waals surface area (Å²) in [5.41, 5.74) is 6.11. The van der Waals surface area contributed by atoms with Gasteiger partial charge in [-0.25, -0.2) is 4.79 Å². The molecule has 6 heteroatoms. The van der Waals surface area contributed by atoms with E-state index in [4.69, 9.17) is 15.2 Å². The molecule has 0 fully saturated rings. The quantitative estimate of drug-likeness (QED) is 0.584. The van der Waals surface area contributed by atoms with Crippen molar-refractivity contribution in [1.29, 1.82) is 0 Å². The summed E-state index contributed by atoms with van der Waals surface area (Å²) in [6.45, 7) is 3.51. The molecule has 1 aromatic rings. The van der Waals surface area contributed by atoms with Crippen LogP contribution in [-0.4, -0.2) is 31.1 Å². The molecule has 0 saturated carbocycles. The Morgan fingerprint density at radius 2 is 2.16 bits per heavy atom. The zero-order valence-corrected chi connectivity index (χ0v) is 11.0. The predicted octanol–water partition coefficient (Wildman–Crippen LogP) is 0.715. The number of nitrogens with one attached hydrogen (secondary N) is 1. The van der Waals surface area contributed by atoms with Crippen LogP contribution in [0.25, 0.3) is 0 Å². The molecule has 0 aliphatic heterocycles. The van der Waals surface area contributed by atoms with E-state index in [1.165, 1.54) is 6.92 Å². The number of hydrogen-bond donors (Lipinski definition) is 2. The lowest BCUT2D eigenvalue weighted by Crippen LogP contribution is -2.36. The van der Waals surface area contributed by atoms with Crippen molar-refractivity contribution in [3.05, 3.63) is 24.3 Å². The fourth-order valence-corrected chi connectivity index (χ4v) is 1.35. The Bertz CT molecular complexity index is 448. The smallest absolute Gasteiger partial charge is 0.344 e. The third-order valence-corrected chi connectivity index (χ3v) is 2.24. The minimum atomic E-state index is -0.836. The molecule has 0 saturated heterocycles. The highest BCUT2D eigenvalue weighted by molar-refractivity contribution is 5.83. The Balaban J connectivity index is 2.37. The van der Waals surface area contributed by atoms with E-state index in [1.54, 1.807) is 31.2 Å². The van der Waals surface area contributed by atoms with E-state index < -0.39 is 12.1 Å². The molecule has 0 bridgehead atoms. The third kappa shape index (κ3) is 5.29. The summed E-state index contributed by atoms with van der Waals surface area (Å²) in [5.74, 6) is -0.469. The Kier molecular flexibility index (Phi) is 5.66. The topological polar surface area (TPSA) is 90.6 Å². The van der Waals surface area contributed by atoms with Gasteiger partial charge in [-0.05, 0) is 26.0 Å². The lowest BCUT2D eigenvalue weighted by Gasteiger charge is -2.13. The third-order valence-electron chi connectivity index (χ3n) is 2.24. The van der Waals surface area contributed by atoms with E-state index in [0.717, 1.165) is 0 Å². The number of rotatable bonds is 6. The van der Waals surface area contributed by atoms with E-state index in [1.807, 2.05) is 0 Å². The molecule has 1 rings (SSSR count). The van der Waals surface area contributed by atoms with Gasteiger partial charge in [0.1, 0.15) is 5.75 Å². The van der Waals surface area contributed by atoms with Crippen LogP contribution >= 0.6 is 0 Å². The monoisotopic (exact) mass is 266 g/mol. The summed E-state index contributed by atoms with van der Waals surface area (Å²) in [6, 6.07) is 6.70. The van der Waals surface area contributed by atoms with Crippen LogP contribution in [-0.2, 0) is 14.3 Å². The maximum atomic E-state index is 11.5. The zero-order chi connectivity index (χ0) is 14.3. The summed E-state index contributed by atoms with van der Waals surface area (Å²) in [6.07, 6.45) is -0.836. The van der Waals surface area contributed by atoms with Crippen molar-refractivity contribution in [2.24, 2.45) is 0 Å². The van der Waals surface area contributed by atoms with E-state index in [0.29, 0.717) is 18.0 Å². The van der Waals surface area contributed by atoms with E-state index >= 15 is 0 Å². The summed E-state index contributed by atoms with van der Waals surface area (Å²) in [5, 5.41) is 2.56. The van der Waals surface area contributed by atoms with Crippen molar-refractivity contribution in [3.63, 3.8) is 0 Å². The van der Waals surface area contributed by atoms with Crippen molar-refractivity contribution >= 4 is 17.6 Å². The van der Waals surface area contributed by atoms with Crippen LogP contribution in [0.15, 0.2) is 24.3 Å². The first-order chi connectivity index (χ1) is 9.02. The Hall–Kier alpha value is -2.24. The van der Waals surface area contributed by atoms with Gasteiger partial charge in [-0.1, -0.05) is 6.07 Å². The molecule has 0 radical (unpaired) electrons. The molecule has 1 aromatic carbocycles. The molecule has 1 unspecified atom stereocenters. The highest BCUT2D eigenvalue weighted by Gasteiger charge is 2.17. The molecule has 0 spiro atoms. The van der Waals surface area contributed by atoms with E-state index in [-0.39, 0.29) is 12.5 Å². The SMILES string of the molecule is CCNC(=O)C(C)OC(=O)COc1cccc(N)c1. The van der Waals surface area contributed by atoms with Crippen LogP contribution < -0.4 is 15.8 Å². The van der Waals surface area contributed by atoms with Crippen LogP contribution in [0.2, 0.25) is 0 Å². The number of carbonyl (C=O) groups excluding carboxylic acids is 2. The standard InChI is InChI=1S/C13H18N2O4/c1-3-15-13(17)9(2)19-12(16)8-18-11-6-4-5-10(14)7-11/h4-7,9H,3,8,14H2,1-2H3,(H,15,17). The largest absolute Gasteiger partial charge is 0.482 e. The minimum Gasteiger partial charge on any atom is -0.482 e. The predicted molar refractivity (Wildman–Crippen MR) is 70.6 cm³/mol. The molecule has 19 heavy (non-hydrogen) atoms. The van der Waals surface area contributed by atoms with E-state index in [9.17, 15) is 9.59 Å². The van der Waals surface area contributed by atoms with Crippen LogP contribution in [0.1, 0.15) is 13.8 Å². The van der Waals surface area contributed by atoms with Crippen molar-refractivity contribution in [2.45, 2.75) is 20.0 Å². The van der Waals surface area contributed by atoms with Crippen molar-refractivity contribution in [1.82, 2.24) is 5.32 Å². The number of anilines is 1. The number of ether oxygens (including phenoxy) is 2. The zero-order valence-electron chi connectivity index (χ0n) is 11.0. The van der Waals surface area contributed by atoms with Crippen molar-refractivity contribution in [2.75, 3.05) is 18.9 Å². The maximum absolute atomic E-state index is 11.5. The first-order valence-corrected chi connectivity index (χ1v) is 5.98. The highest BCUT2D eigenvalue weighted by atomic mass is 16.6. The lowest BCUT2D eigenvalue weighted by molar-refractivity contribution is -0.156. The van der Waals surface area contributed by atoms with Gasteiger partial charge >= 0.3 is 5.97 Å². The first-order valence-electron chi connectivity index (χ1n) is 5.98. The second kappa shape index (κ2) is 7.25. The van der Waals surface area contributed by atoms with Crippen LogP contribution in [0.4, 0.5) is 5.69 Å². The van der Waals surface area contributed by atoms with Crippen LogP contribution in [0.3, 0.4) is 0 Å². The van der Waals surface area contributed by atoms with Gasteiger partial charge in [0.05, 0.1) is 0 Å².